The zero-order chi connectivity index (χ0) is 21.5. The first-order chi connectivity index (χ1) is 15.0. The molecule has 0 radical (unpaired) electrons. The summed E-state index contributed by atoms with van der Waals surface area (Å²) in [6, 6.07) is 5.32. The lowest BCUT2D eigenvalue weighted by Gasteiger charge is -2.08. The Kier molecular flexibility index (Phi) is 4.44. The molecule has 0 spiro atoms. The van der Waals surface area contributed by atoms with E-state index in [4.69, 9.17) is 4.74 Å². The number of carbonyl (C=O) groups excluding carboxylic acids is 2. The predicted molar refractivity (Wildman–Crippen MR) is 114 cm³/mol. The van der Waals surface area contributed by atoms with Gasteiger partial charge in [-0.1, -0.05) is 11.3 Å². The van der Waals surface area contributed by atoms with Gasteiger partial charge < -0.3 is 10.1 Å². The second-order valence-electron chi connectivity index (χ2n) is 6.65. The molecule has 5 aromatic heterocycles. The number of ether oxygens (including phenoxy) is 1. The fourth-order valence-electron chi connectivity index (χ4n) is 3.13. The second-order valence-corrected chi connectivity index (χ2v) is 7.66. The Balaban J connectivity index is 1.49. The maximum atomic E-state index is 13.0. The van der Waals surface area contributed by atoms with Crippen molar-refractivity contribution in [3.8, 4) is 5.00 Å². The van der Waals surface area contributed by atoms with E-state index < -0.39 is 5.97 Å². The van der Waals surface area contributed by atoms with Gasteiger partial charge in [-0.3, -0.25) is 9.78 Å². The first-order valence-corrected chi connectivity index (χ1v) is 9.99. The lowest BCUT2D eigenvalue weighted by atomic mass is 10.2. The molecule has 5 aromatic rings. The molecule has 0 saturated heterocycles. The Morgan fingerprint density at radius 2 is 2.03 bits per heavy atom. The molecule has 11 heteroatoms. The molecule has 0 fully saturated rings. The fourth-order valence-corrected chi connectivity index (χ4v) is 4.15. The van der Waals surface area contributed by atoms with Crippen molar-refractivity contribution in [2.75, 3.05) is 12.4 Å². The van der Waals surface area contributed by atoms with Crippen LogP contribution in [0.4, 0.5) is 5.69 Å². The van der Waals surface area contributed by atoms with Crippen LogP contribution in [0.15, 0.2) is 49.2 Å². The highest BCUT2D eigenvalue weighted by Crippen LogP contribution is 2.27. The number of aryl methyl sites for hydroxylation is 1. The summed E-state index contributed by atoms with van der Waals surface area (Å²) in [7, 11) is 1.29. The number of hydrogen-bond acceptors (Lipinski definition) is 8. The number of carbonyl (C=O) groups is 2. The molecule has 0 aromatic carbocycles. The Bertz CT molecular complexity index is 1470. The average Bonchev–Trinajstić information content (AvgIpc) is 3.48. The first kappa shape index (κ1) is 18.9. The molecule has 0 saturated carbocycles. The van der Waals surface area contributed by atoms with Gasteiger partial charge in [0.2, 0.25) is 0 Å². The number of thiazole rings is 1. The van der Waals surface area contributed by atoms with Crippen LogP contribution in [0.1, 0.15) is 26.4 Å². The quantitative estimate of drug-likeness (QED) is 0.433. The van der Waals surface area contributed by atoms with Gasteiger partial charge in [-0.05, 0) is 25.1 Å². The highest BCUT2D eigenvalue weighted by Gasteiger charge is 2.19. The highest BCUT2D eigenvalue weighted by molar-refractivity contribution is 7.20. The minimum Gasteiger partial charge on any atom is -0.465 e. The van der Waals surface area contributed by atoms with E-state index in [1.807, 2.05) is 12.1 Å². The number of amides is 1. The molecule has 1 N–H and O–H groups in total. The third-order valence-electron chi connectivity index (χ3n) is 4.72. The maximum absolute atomic E-state index is 13.0. The lowest BCUT2D eigenvalue weighted by molar-refractivity contribution is 0.0600. The zero-order valence-corrected chi connectivity index (χ0v) is 17.3. The number of fused-ring (bicyclic) bond motifs is 2. The number of esters is 1. The number of pyridine rings is 2. The number of methoxy groups -OCH3 is 1. The zero-order valence-electron chi connectivity index (χ0n) is 16.4. The summed E-state index contributed by atoms with van der Waals surface area (Å²) in [4.78, 5) is 33.9. The van der Waals surface area contributed by atoms with Gasteiger partial charge in [0.25, 0.3) is 5.91 Å². The van der Waals surface area contributed by atoms with Crippen molar-refractivity contribution < 1.29 is 14.3 Å². The molecule has 0 aliphatic rings. The van der Waals surface area contributed by atoms with Crippen molar-refractivity contribution in [1.29, 1.82) is 0 Å². The number of nitrogens with zero attached hydrogens (tertiary/aromatic N) is 6. The smallest absolute Gasteiger partial charge is 0.339 e. The van der Waals surface area contributed by atoms with Gasteiger partial charge in [0.15, 0.2) is 5.65 Å². The molecule has 154 valence electrons. The molecule has 0 bridgehead atoms. The van der Waals surface area contributed by atoms with Crippen LogP contribution >= 0.6 is 11.3 Å². The third kappa shape index (κ3) is 3.20. The Morgan fingerprint density at radius 3 is 2.87 bits per heavy atom. The summed E-state index contributed by atoms with van der Waals surface area (Å²) in [5, 5.41) is 13.2. The molecule has 31 heavy (non-hydrogen) atoms. The van der Waals surface area contributed by atoms with Crippen molar-refractivity contribution in [2.24, 2.45) is 0 Å². The van der Waals surface area contributed by atoms with E-state index in [-0.39, 0.29) is 11.5 Å². The Morgan fingerprint density at radius 1 is 1.16 bits per heavy atom. The van der Waals surface area contributed by atoms with Gasteiger partial charge in [0.1, 0.15) is 9.83 Å². The second kappa shape index (κ2) is 7.29. The van der Waals surface area contributed by atoms with Crippen molar-refractivity contribution in [3.05, 3.63) is 66.0 Å². The van der Waals surface area contributed by atoms with Crippen molar-refractivity contribution in [2.45, 2.75) is 6.92 Å². The lowest BCUT2D eigenvalue weighted by Crippen LogP contribution is -2.14. The van der Waals surface area contributed by atoms with E-state index in [0.717, 1.165) is 16.0 Å². The van der Waals surface area contributed by atoms with Crippen LogP contribution in [0.3, 0.4) is 0 Å². The largest absolute Gasteiger partial charge is 0.465 e. The van der Waals surface area contributed by atoms with Gasteiger partial charge >= 0.3 is 5.97 Å². The van der Waals surface area contributed by atoms with Crippen LogP contribution in [0.25, 0.3) is 20.9 Å². The maximum Gasteiger partial charge on any atom is 0.339 e. The number of hydrogen-bond donors (Lipinski definition) is 1. The fraction of sp³-hybridized carbons (Fsp3) is 0.100. The van der Waals surface area contributed by atoms with Gasteiger partial charge in [0, 0.05) is 17.8 Å². The van der Waals surface area contributed by atoms with Crippen molar-refractivity contribution >= 4 is 44.8 Å². The monoisotopic (exact) mass is 433 g/mol. The van der Waals surface area contributed by atoms with Gasteiger partial charge in [-0.25, -0.2) is 19.0 Å². The minimum atomic E-state index is -0.529. The summed E-state index contributed by atoms with van der Waals surface area (Å²) in [5.41, 5.74) is 2.36. The molecule has 1 amide bonds. The van der Waals surface area contributed by atoms with Crippen LogP contribution in [0, 0.1) is 6.92 Å². The van der Waals surface area contributed by atoms with Crippen LogP contribution < -0.4 is 5.32 Å². The van der Waals surface area contributed by atoms with Crippen LogP contribution in [0.2, 0.25) is 0 Å². The SMILES string of the molecule is COC(=O)c1cnc(C)c(NC(=O)c2cnn3cc(-n4ncc5cccnc54)sc23)c1. The molecule has 5 rings (SSSR count). The number of nitrogens with one attached hydrogen (secondary N) is 1. The van der Waals surface area contributed by atoms with Gasteiger partial charge in [0.05, 0.1) is 48.2 Å². The van der Waals surface area contributed by atoms with E-state index in [1.54, 1.807) is 34.7 Å². The summed E-state index contributed by atoms with van der Waals surface area (Å²) < 4.78 is 8.06. The topological polar surface area (TPSA) is 116 Å². The number of aromatic nitrogens is 6. The Hall–Kier alpha value is -4.12. The first-order valence-electron chi connectivity index (χ1n) is 9.18. The normalized spacial score (nSPS) is 11.2. The summed E-state index contributed by atoms with van der Waals surface area (Å²) in [6.45, 7) is 1.74. The van der Waals surface area contributed by atoms with E-state index >= 15 is 0 Å². The molecule has 0 unspecified atom stereocenters. The number of anilines is 1. The Labute approximate surface area is 179 Å². The summed E-state index contributed by atoms with van der Waals surface area (Å²) in [6.07, 6.45) is 8.14. The predicted octanol–water partition coefficient (Wildman–Crippen LogP) is 2.87. The van der Waals surface area contributed by atoms with E-state index in [9.17, 15) is 9.59 Å². The van der Waals surface area contributed by atoms with Crippen LogP contribution in [-0.4, -0.2) is 48.3 Å². The molecular formula is C20H15N7O3S. The van der Waals surface area contributed by atoms with Crippen molar-refractivity contribution in [3.63, 3.8) is 0 Å². The molecule has 5 heterocycles. The number of rotatable bonds is 4. The average molecular weight is 433 g/mol. The van der Waals surface area contributed by atoms with Crippen LogP contribution in [-0.2, 0) is 4.74 Å². The van der Waals surface area contributed by atoms with Gasteiger partial charge in [-0.15, -0.1) is 0 Å². The molecule has 0 aliphatic heterocycles. The summed E-state index contributed by atoms with van der Waals surface area (Å²) in [5.74, 6) is -0.891. The van der Waals surface area contributed by atoms with E-state index in [2.05, 4.69) is 25.5 Å². The molecule has 0 atom stereocenters. The van der Waals surface area contributed by atoms with Gasteiger partial charge in [-0.2, -0.15) is 10.2 Å². The molecular weight excluding hydrogens is 418 g/mol. The summed E-state index contributed by atoms with van der Waals surface area (Å²) >= 11 is 1.37. The van der Waals surface area contributed by atoms with E-state index in [1.165, 1.54) is 36.9 Å². The van der Waals surface area contributed by atoms with E-state index in [0.29, 0.717) is 21.8 Å². The molecule has 0 aliphatic carbocycles. The highest BCUT2D eigenvalue weighted by atomic mass is 32.1. The third-order valence-corrected chi connectivity index (χ3v) is 5.81. The van der Waals surface area contributed by atoms with Crippen molar-refractivity contribution in [1.82, 2.24) is 29.4 Å². The standard InChI is InChI=1S/C20H15N7O3S/c1-11-15(6-13(7-22-11)20(29)30-2)25-18(28)14-9-23-26-10-16(31-19(14)26)27-17-12(8-24-27)4-3-5-21-17/h3-10H,1-2H3,(H,25,28). The van der Waals surface area contributed by atoms with Crippen LogP contribution in [0.5, 0.6) is 0 Å². The molecule has 10 nitrogen and oxygen atoms in total. The minimum absolute atomic E-state index is 0.250.